The van der Waals surface area contributed by atoms with Crippen molar-refractivity contribution in [3.05, 3.63) is 54.4 Å². The lowest BCUT2D eigenvalue weighted by Crippen LogP contribution is -2.54. The maximum absolute atomic E-state index is 13.8. The zero-order valence-corrected chi connectivity index (χ0v) is 22.0. The van der Waals surface area contributed by atoms with Crippen molar-refractivity contribution in [3.8, 4) is 5.75 Å². The van der Waals surface area contributed by atoms with Crippen molar-refractivity contribution >= 4 is 34.2 Å². The molecule has 0 saturated carbocycles. The molecule has 0 spiro atoms. The fourth-order valence-electron chi connectivity index (χ4n) is 4.37. The number of sulfonamides is 1. The molecule has 2 aromatic rings. The van der Waals surface area contributed by atoms with Crippen LogP contribution in [0.5, 0.6) is 5.75 Å². The van der Waals surface area contributed by atoms with E-state index in [0.717, 1.165) is 10.7 Å². The number of carbonyl (C=O) groups is 2. The second-order valence-corrected chi connectivity index (χ2v) is 10.4. The maximum Gasteiger partial charge on any atom is 0.262 e. The fourth-order valence-corrected chi connectivity index (χ4v) is 6.00. The smallest absolute Gasteiger partial charge is 0.262 e. The molecule has 0 radical (unpaired) electrons. The van der Waals surface area contributed by atoms with E-state index in [2.05, 4.69) is 4.98 Å². The molecule has 1 fully saturated rings. The number of hydrogen-bond acceptors (Lipinski definition) is 7. The van der Waals surface area contributed by atoms with Crippen LogP contribution in [0.2, 0.25) is 0 Å². The van der Waals surface area contributed by atoms with Gasteiger partial charge in [-0.2, -0.15) is 4.31 Å². The molecule has 36 heavy (non-hydrogen) atoms. The number of pyridine rings is 1. The number of carbonyl (C=O) groups excluding carboxylic acids is 2. The molecule has 1 aliphatic rings. The first-order chi connectivity index (χ1) is 16.8. The van der Waals surface area contributed by atoms with Gasteiger partial charge in [-0.1, -0.05) is 6.92 Å². The van der Waals surface area contributed by atoms with Crippen LogP contribution in [-0.4, -0.2) is 65.9 Å². The number of nitrogens with one attached hydrogen (secondary N) is 1. The van der Waals surface area contributed by atoms with Crippen molar-refractivity contribution in [1.82, 2.24) is 19.7 Å². The van der Waals surface area contributed by atoms with Gasteiger partial charge < -0.3 is 9.64 Å². The van der Waals surface area contributed by atoms with Gasteiger partial charge in [0.25, 0.3) is 5.91 Å². The summed E-state index contributed by atoms with van der Waals surface area (Å²) in [4.78, 5) is 31.0. The molecule has 12 heteroatoms. The molecule has 2 amide bonds. The largest absolute Gasteiger partial charge is 0.497 e. The van der Waals surface area contributed by atoms with E-state index in [1.54, 1.807) is 34.9 Å². The van der Waals surface area contributed by atoms with Gasteiger partial charge in [0.05, 0.1) is 12.0 Å². The van der Waals surface area contributed by atoms with E-state index in [-0.39, 0.29) is 29.8 Å². The Hall–Kier alpha value is -2.73. The summed E-state index contributed by atoms with van der Waals surface area (Å²) in [6.45, 7) is 2.69. The molecule has 1 aliphatic heterocycles. The number of likely N-dealkylation sites (tertiary alicyclic amines) is 1. The highest BCUT2D eigenvalue weighted by Crippen LogP contribution is 2.31. The first kappa shape index (κ1) is 29.5. The van der Waals surface area contributed by atoms with Crippen LogP contribution < -0.4 is 10.2 Å². The van der Waals surface area contributed by atoms with Crippen molar-refractivity contribution in [1.29, 1.82) is 0 Å². The summed E-state index contributed by atoms with van der Waals surface area (Å²) in [5.41, 5.74) is 2.31. The van der Waals surface area contributed by atoms with Crippen LogP contribution >= 0.6 is 12.4 Å². The zero-order chi connectivity index (χ0) is 25.4. The number of aromatic nitrogens is 1. The summed E-state index contributed by atoms with van der Waals surface area (Å²) in [6, 6.07) is 8.10. The summed E-state index contributed by atoms with van der Waals surface area (Å²) in [6.07, 6.45) is 5.15. The van der Waals surface area contributed by atoms with Gasteiger partial charge in [-0.15, -0.1) is 12.4 Å². The summed E-state index contributed by atoms with van der Waals surface area (Å²) in [7, 11) is -2.68. The number of nitrogens with zero attached hydrogens (tertiary/aromatic N) is 3. The average molecular weight is 541 g/mol. The minimum atomic E-state index is -4.16. The number of halogens is 1. The number of hydroxylamine groups is 1. The Labute approximate surface area is 218 Å². The van der Waals surface area contributed by atoms with Gasteiger partial charge in [-0.25, -0.2) is 13.9 Å². The molecule has 3 rings (SSSR count). The normalized spacial score (nSPS) is 15.2. The lowest BCUT2D eigenvalue weighted by Gasteiger charge is -2.39. The molecule has 0 unspecified atom stereocenters. The lowest BCUT2D eigenvalue weighted by molar-refractivity contribution is -0.137. The Morgan fingerprint density at radius 2 is 1.78 bits per heavy atom. The van der Waals surface area contributed by atoms with Gasteiger partial charge >= 0.3 is 0 Å². The first-order valence-electron chi connectivity index (χ1n) is 11.6. The molecule has 2 N–H and O–H groups in total. The van der Waals surface area contributed by atoms with Gasteiger partial charge in [0.1, 0.15) is 11.8 Å². The molecule has 1 saturated heterocycles. The zero-order valence-electron chi connectivity index (χ0n) is 20.4. The predicted octanol–water partition coefficient (Wildman–Crippen LogP) is 2.62. The highest BCUT2D eigenvalue weighted by atomic mass is 35.5. The van der Waals surface area contributed by atoms with Crippen LogP contribution in [0, 0.1) is 5.92 Å². The quantitative estimate of drug-likeness (QED) is 0.350. The summed E-state index contributed by atoms with van der Waals surface area (Å²) in [5, 5.41) is 9.55. The molecular weight excluding hydrogens is 508 g/mol. The third-order valence-electron chi connectivity index (χ3n) is 6.25. The van der Waals surface area contributed by atoms with Crippen molar-refractivity contribution < 1.29 is 28.0 Å². The Balaban J connectivity index is 0.00000456. The van der Waals surface area contributed by atoms with Gasteiger partial charge in [0.2, 0.25) is 15.9 Å². The average Bonchev–Trinajstić information content (AvgIpc) is 2.89. The van der Waals surface area contributed by atoms with Crippen LogP contribution in [0.1, 0.15) is 38.2 Å². The summed E-state index contributed by atoms with van der Waals surface area (Å²) in [5.74, 6) is -0.663. The molecule has 198 valence electrons. The highest BCUT2D eigenvalue weighted by Gasteiger charge is 2.42. The van der Waals surface area contributed by atoms with E-state index in [0.29, 0.717) is 43.7 Å². The molecule has 1 aromatic heterocycles. The number of benzene rings is 1. The van der Waals surface area contributed by atoms with E-state index in [9.17, 15) is 23.2 Å². The molecule has 2 heterocycles. The molecular formula is C24H33ClN4O6S. The van der Waals surface area contributed by atoms with E-state index in [1.165, 1.54) is 31.4 Å². The molecule has 1 atom stereocenters. The number of amides is 2. The summed E-state index contributed by atoms with van der Waals surface area (Å²) >= 11 is 0. The second-order valence-electron chi connectivity index (χ2n) is 8.47. The van der Waals surface area contributed by atoms with Crippen molar-refractivity contribution in [2.45, 2.75) is 50.1 Å². The number of ether oxygens (including phenoxy) is 1. The van der Waals surface area contributed by atoms with Crippen LogP contribution in [0.3, 0.4) is 0 Å². The Morgan fingerprint density at radius 3 is 2.31 bits per heavy atom. The number of hydrogen-bond donors (Lipinski definition) is 2. The fraction of sp³-hybridized carbons (Fsp3) is 0.458. The van der Waals surface area contributed by atoms with Gasteiger partial charge in [-0.3, -0.25) is 19.8 Å². The minimum Gasteiger partial charge on any atom is -0.497 e. The van der Waals surface area contributed by atoms with Crippen LogP contribution in [0.25, 0.3) is 0 Å². The Kier molecular flexibility index (Phi) is 11.1. The third kappa shape index (κ3) is 6.94. The van der Waals surface area contributed by atoms with Crippen LogP contribution in [-0.2, 0) is 26.2 Å². The number of methoxy groups -OCH3 is 1. The van der Waals surface area contributed by atoms with Crippen LogP contribution in [0.15, 0.2) is 53.7 Å². The van der Waals surface area contributed by atoms with E-state index in [4.69, 9.17) is 4.74 Å². The summed E-state index contributed by atoms with van der Waals surface area (Å²) < 4.78 is 34.0. The molecule has 0 aliphatic carbocycles. The lowest BCUT2D eigenvalue weighted by atomic mass is 9.88. The van der Waals surface area contributed by atoms with E-state index < -0.39 is 27.9 Å². The second kappa shape index (κ2) is 13.5. The topological polar surface area (TPSA) is 129 Å². The Bertz CT molecular complexity index is 1090. The Morgan fingerprint density at radius 1 is 1.17 bits per heavy atom. The first-order valence-corrected chi connectivity index (χ1v) is 13.0. The third-order valence-corrected chi connectivity index (χ3v) is 8.09. The standard InChI is InChI=1S/C24H32N4O6S.ClH/c1-3-4-22(29)27-15-11-19(12-16-27)23(24(30)26-31)28(17-18-9-13-25-14-10-18)35(32,33)21-7-5-20(34-2)6-8-21;/h5-10,13-14,19,23,31H,3-4,11-12,15-17H2,1-2H3,(H,26,30);1H/t23-;/m1./s1. The van der Waals surface area contributed by atoms with Crippen molar-refractivity contribution in [2.24, 2.45) is 5.92 Å². The molecule has 1 aromatic carbocycles. The van der Waals surface area contributed by atoms with Gasteiger partial charge in [0, 0.05) is 38.4 Å². The SMILES string of the molecule is CCCC(=O)N1CCC([C@H](C(=O)NO)N(Cc2ccncc2)S(=O)(=O)c2ccc(OC)cc2)CC1.Cl. The van der Waals surface area contributed by atoms with E-state index in [1.807, 2.05) is 6.92 Å². The predicted molar refractivity (Wildman–Crippen MR) is 135 cm³/mol. The van der Waals surface area contributed by atoms with Gasteiger partial charge in [0.15, 0.2) is 0 Å². The molecule has 10 nitrogen and oxygen atoms in total. The van der Waals surface area contributed by atoms with Crippen molar-refractivity contribution in [3.63, 3.8) is 0 Å². The van der Waals surface area contributed by atoms with Gasteiger partial charge in [-0.05, 0) is 67.1 Å². The van der Waals surface area contributed by atoms with Crippen molar-refractivity contribution in [2.75, 3.05) is 20.2 Å². The minimum absolute atomic E-state index is 0. The maximum atomic E-state index is 13.8. The highest BCUT2D eigenvalue weighted by molar-refractivity contribution is 7.89. The monoisotopic (exact) mass is 540 g/mol. The number of rotatable bonds is 10. The molecule has 0 bridgehead atoms. The van der Waals surface area contributed by atoms with E-state index >= 15 is 0 Å². The van der Waals surface area contributed by atoms with Crippen LogP contribution in [0.4, 0.5) is 0 Å². The number of piperidine rings is 1.